The van der Waals surface area contributed by atoms with Gasteiger partial charge in [0, 0.05) is 28.3 Å². The van der Waals surface area contributed by atoms with Crippen LogP contribution in [0.25, 0.3) is 43.1 Å². The van der Waals surface area contributed by atoms with Gasteiger partial charge in [-0.3, -0.25) is 9.59 Å². The van der Waals surface area contributed by atoms with Crippen molar-refractivity contribution in [2.45, 2.75) is 18.0 Å². The maximum absolute atomic E-state index is 13.3. The number of hydrogen-bond acceptors (Lipinski definition) is 9. The van der Waals surface area contributed by atoms with Crippen molar-refractivity contribution in [1.29, 1.82) is 0 Å². The molecule has 4 N–H and O–H groups in total. The quantitative estimate of drug-likeness (QED) is 0.0981. The molecule has 0 saturated heterocycles. The monoisotopic (exact) mass is 716 g/mol. The van der Waals surface area contributed by atoms with Crippen LogP contribution in [0.3, 0.4) is 0 Å². The molecule has 13 heteroatoms. The fraction of sp³-hybridized carbons (Fsp3) is 0.0811. The van der Waals surface area contributed by atoms with Gasteiger partial charge in [0.05, 0.1) is 26.7 Å². The normalized spacial score (nSPS) is 11.3. The number of carbonyl (C=O) groups is 2. The number of benzene rings is 3. The Morgan fingerprint density at radius 3 is 2.28 bits per heavy atom. The first-order chi connectivity index (χ1) is 24.5. The lowest BCUT2D eigenvalue weighted by Gasteiger charge is -2.12. The average molecular weight is 717 g/mol. The smallest absolute Gasteiger partial charge is 0.272 e. The first kappa shape index (κ1) is 31.6. The molecule has 50 heavy (non-hydrogen) atoms. The largest absolute Gasteiger partial charge is 0.489 e. The molecule has 8 aromatic rings. The van der Waals surface area contributed by atoms with Crippen molar-refractivity contribution in [2.75, 3.05) is 11.6 Å². The van der Waals surface area contributed by atoms with Gasteiger partial charge < -0.3 is 29.8 Å². The van der Waals surface area contributed by atoms with Crippen molar-refractivity contribution in [1.82, 2.24) is 25.3 Å². The van der Waals surface area contributed by atoms with Crippen LogP contribution in [0.5, 0.6) is 5.75 Å². The molecule has 8 rings (SSSR count). The van der Waals surface area contributed by atoms with Gasteiger partial charge in [0.15, 0.2) is 0 Å². The molecule has 0 aliphatic heterocycles. The number of aromatic nitrogens is 4. The Labute approximate surface area is 297 Å². The van der Waals surface area contributed by atoms with Crippen molar-refractivity contribution < 1.29 is 18.7 Å². The predicted octanol–water partition coefficient (Wildman–Crippen LogP) is 8.97. The zero-order valence-corrected chi connectivity index (χ0v) is 28.9. The van der Waals surface area contributed by atoms with E-state index in [2.05, 4.69) is 30.6 Å². The Kier molecular flexibility index (Phi) is 8.67. The molecule has 248 valence electrons. The van der Waals surface area contributed by atoms with Crippen molar-refractivity contribution in [2.24, 2.45) is 0 Å². The molecule has 0 saturated carbocycles. The van der Waals surface area contributed by atoms with E-state index in [1.807, 2.05) is 85.1 Å². The number of nitrogens with zero attached hydrogens (tertiary/aromatic N) is 2. The van der Waals surface area contributed by atoms with Gasteiger partial charge in [-0.1, -0.05) is 24.3 Å². The van der Waals surface area contributed by atoms with E-state index >= 15 is 0 Å². The zero-order chi connectivity index (χ0) is 34.0. The molecule has 2 amide bonds. The van der Waals surface area contributed by atoms with Crippen molar-refractivity contribution in [3.8, 4) is 28.2 Å². The number of rotatable bonds is 11. The highest BCUT2D eigenvalue weighted by molar-refractivity contribution is 7.98. The number of thiazole rings is 2. The molecule has 0 spiro atoms. The maximum atomic E-state index is 13.3. The van der Waals surface area contributed by atoms with E-state index in [1.54, 1.807) is 35.1 Å². The van der Waals surface area contributed by atoms with Crippen molar-refractivity contribution >= 4 is 72.6 Å². The standard InChI is InChI=1S/C37H28N6O4S3/c1-48-27-8-6-26(7-9-27)46-17-21-10-23(12-25(11-21)41-37(45)30-15-33-35(43-30)40-20-50-33)24-13-31(47-18-24)28-5-3-2-4-22(28)16-38-36(44)29-14-32-34(42-29)39-19-49-32/h2-15,18-20,42-43H,16-17H2,1H3,(H,38,44)(H,41,45). The van der Waals surface area contributed by atoms with E-state index in [0.29, 0.717) is 47.3 Å². The summed E-state index contributed by atoms with van der Waals surface area (Å²) in [5, 5.41) is 6.05. The molecule has 0 unspecified atom stereocenters. The Morgan fingerprint density at radius 1 is 0.840 bits per heavy atom. The van der Waals surface area contributed by atoms with E-state index in [9.17, 15) is 9.59 Å². The van der Waals surface area contributed by atoms with Crippen LogP contribution in [-0.2, 0) is 13.2 Å². The number of H-pyrrole nitrogens is 2. The summed E-state index contributed by atoms with van der Waals surface area (Å²) in [7, 11) is 0. The van der Waals surface area contributed by atoms with Gasteiger partial charge in [0.25, 0.3) is 11.8 Å². The summed E-state index contributed by atoms with van der Waals surface area (Å²) < 4.78 is 14.1. The molecular formula is C37H28N6O4S3. The summed E-state index contributed by atoms with van der Waals surface area (Å²) in [6.07, 6.45) is 3.73. The van der Waals surface area contributed by atoms with E-state index in [1.165, 1.54) is 22.7 Å². The molecule has 0 fully saturated rings. The SMILES string of the molecule is CSc1ccc(OCc2cc(NC(=O)c3cc4scnc4[nH]3)cc(-c3coc(-c4ccccc4CNC(=O)c4cc5scnc5[nH]4)c3)c2)cc1. The second-order valence-electron chi connectivity index (χ2n) is 11.4. The molecule has 0 radical (unpaired) electrons. The summed E-state index contributed by atoms with van der Waals surface area (Å²) in [4.78, 5) is 42.0. The molecule has 0 aliphatic rings. The minimum absolute atomic E-state index is 0.214. The lowest BCUT2D eigenvalue weighted by Crippen LogP contribution is -2.23. The molecule has 3 aromatic carbocycles. The van der Waals surface area contributed by atoms with Gasteiger partial charge in [-0.2, -0.15) is 0 Å². The van der Waals surface area contributed by atoms with Crippen LogP contribution in [0.2, 0.25) is 0 Å². The summed E-state index contributed by atoms with van der Waals surface area (Å²) in [5.41, 5.74) is 10.7. The van der Waals surface area contributed by atoms with Crippen LogP contribution in [0.1, 0.15) is 32.1 Å². The summed E-state index contributed by atoms with van der Waals surface area (Å²) >= 11 is 4.62. The van der Waals surface area contributed by atoms with Gasteiger partial charge in [-0.05, 0) is 83.6 Å². The molecule has 5 aromatic heterocycles. The third kappa shape index (κ3) is 6.66. The number of furan rings is 1. The van der Waals surface area contributed by atoms with Crippen LogP contribution < -0.4 is 15.4 Å². The zero-order valence-electron chi connectivity index (χ0n) is 26.5. The number of ether oxygens (including phenoxy) is 1. The number of amides is 2. The molecule has 0 bridgehead atoms. The highest BCUT2D eigenvalue weighted by Crippen LogP contribution is 2.33. The second kappa shape index (κ2) is 13.7. The fourth-order valence-corrected chi connectivity index (χ4v) is 7.36. The van der Waals surface area contributed by atoms with Crippen LogP contribution in [-0.4, -0.2) is 38.0 Å². The second-order valence-corrected chi connectivity index (χ2v) is 14.0. The van der Waals surface area contributed by atoms with E-state index < -0.39 is 0 Å². The van der Waals surface area contributed by atoms with Crippen LogP contribution in [0, 0.1) is 0 Å². The lowest BCUT2D eigenvalue weighted by molar-refractivity contribution is 0.0946. The number of carbonyl (C=O) groups excluding carboxylic acids is 2. The van der Waals surface area contributed by atoms with E-state index in [-0.39, 0.29) is 11.8 Å². The topological polar surface area (TPSA) is 138 Å². The predicted molar refractivity (Wildman–Crippen MR) is 199 cm³/mol. The number of thioether (sulfide) groups is 1. The number of aromatic amines is 2. The maximum Gasteiger partial charge on any atom is 0.272 e. The first-order valence-electron chi connectivity index (χ1n) is 15.5. The molecule has 0 atom stereocenters. The molecule has 0 aliphatic carbocycles. The lowest BCUT2D eigenvalue weighted by atomic mass is 10.0. The van der Waals surface area contributed by atoms with Crippen molar-refractivity contribution in [3.05, 3.63) is 125 Å². The number of fused-ring (bicyclic) bond motifs is 2. The third-order valence-electron chi connectivity index (χ3n) is 8.11. The average Bonchev–Trinajstić information content (AvgIpc) is 3.97. The minimum atomic E-state index is -0.272. The van der Waals surface area contributed by atoms with E-state index in [4.69, 9.17) is 9.15 Å². The molecule has 5 heterocycles. The summed E-state index contributed by atoms with van der Waals surface area (Å²) in [6, 6.07) is 27.1. The summed E-state index contributed by atoms with van der Waals surface area (Å²) in [5.74, 6) is 0.912. The highest BCUT2D eigenvalue weighted by Gasteiger charge is 2.17. The fourth-order valence-electron chi connectivity index (χ4n) is 5.60. The van der Waals surface area contributed by atoms with Crippen LogP contribution in [0.15, 0.2) is 112 Å². The van der Waals surface area contributed by atoms with Gasteiger partial charge in [-0.25, -0.2) is 9.97 Å². The molecular weight excluding hydrogens is 689 g/mol. The first-order valence-corrected chi connectivity index (χ1v) is 18.5. The van der Waals surface area contributed by atoms with Gasteiger partial charge in [0.1, 0.15) is 40.8 Å². The minimum Gasteiger partial charge on any atom is -0.489 e. The van der Waals surface area contributed by atoms with Crippen LogP contribution >= 0.6 is 34.4 Å². The van der Waals surface area contributed by atoms with Gasteiger partial charge in [-0.15, -0.1) is 34.4 Å². The van der Waals surface area contributed by atoms with E-state index in [0.717, 1.165) is 47.9 Å². The number of hydrogen-bond donors (Lipinski definition) is 4. The van der Waals surface area contributed by atoms with Gasteiger partial charge in [0.2, 0.25) is 0 Å². The summed E-state index contributed by atoms with van der Waals surface area (Å²) in [6.45, 7) is 0.595. The van der Waals surface area contributed by atoms with Crippen molar-refractivity contribution in [3.63, 3.8) is 0 Å². The Bertz CT molecular complexity index is 2410. The number of nitrogens with one attached hydrogen (secondary N) is 4. The number of anilines is 1. The Morgan fingerprint density at radius 2 is 1.56 bits per heavy atom. The Hall–Kier alpha value is -5.63. The Balaban J connectivity index is 1.05. The van der Waals surface area contributed by atoms with Gasteiger partial charge >= 0.3 is 0 Å². The van der Waals surface area contributed by atoms with Crippen LogP contribution in [0.4, 0.5) is 5.69 Å². The molecule has 10 nitrogen and oxygen atoms in total. The highest BCUT2D eigenvalue weighted by atomic mass is 32.2. The third-order valence-corrected chi connectivity index (χ3v) is 10.4.